The fourth-order valence-electron chi connectivity index (χ4n) is 1.63. The van der Waals surface area contributed by atoms with Gasteiger partial charge in [-0.1, -0.05) is 0 Å². The molecule has 10 heteroatoms. The number of halogens is 3. The predicted molar refractivity (Wildman–Crippen MR) is 75.1 cm³/mol. The van der Waals surface area contributed by atoms with Crippen molar-refractivity contribution in [1.82, 2.24) is 9.29 Å². The van der Waals surface area contributed by atoms with Gasteiger partial charge in [0.2, 0.25) is 10.0 Å². The summed E-state index contributed by atoms with van der Waals surface area (Å²) in [7, 11) is -1.40. The van der Waals surface area contributed by atoms with Crippen LogP contribution in [0.4, 0.5) is 19.0 Å². The number of anilines is 1. The highest BCUT2D eigenvalue weighted by molar-refractivity contribution is 7.89. The minimum Gasteiger partial charge on any atom is -0.383 e. The van der Waals surface area contributed by atoms with Crippen molar-refractivity contribution in [2.24, 2.45) is 0 Å². The monoisotopic (exact) mass is 341 g/mol. The van der Waals surface area contributed by atoms with Crippen LogP contribution in [0, 0.1) is 0 Å². The fraction of sp³-hybridized carbons (Fsp3) is 0.583. The molecule has 0 aliphatic rings. The molecule has 1 aromatic rings. The molecule has 0 aromatic carbocycles. The number of pyridine rings is 1. The highest BCUT2D eigenvalue weighted by Gasteiger charge is 2.36. The summed E-state index contributed by atoms with van der Waals surface area (Å²) in [6, 6.07) is 0.587. The second-order valence-corrected chi connectivity index (χ2v) is 6.46. The number of nitrogens with one attached hydrogen (secondary N) is 1. The molecule has 126 valence electrons. The van der Waals surface area contributed by atoms with Crippen LogP contribution in [0.1, 0.15) is 12.5 Å². The van der Waals surface area contributed by atoms with Crippen LogP contribution in [0.15, 0.2) is 17.2 Å². The van der Waals surface area contributed by atoms with E-state index >= 15 is 0 Å². The Morgan fingerprint density at radius 3 is 2.55 bits per heavy atom. The molecule has 1 heterocycles. The Hall–Kier alpha value is -1.39. The maximum atomic E-state index is 13.0. The van der Waals surface area contributed by atoms with E-state index in [4.69, 9.17) is 4.74 Å². The summed E-state index contributed by atoms with van der Waals surface area (Å²) in [5.41, 5.74) is -1.12. The van der Waals surface area contributed by atoms with Gasteiger partial charge in [0.05, 0.1) is 12.2 Å². The summed E-state index contributed by atoms with van der Waals surface area (Å²) in [4.78, 5) is 3.08. The number of alkyl halides is 3. The molecule has 0 unspecified atom stereocenters. The molecule has 1 aromatic heterocycles. The van der Waals surface area contributed by atoms with Crippen LogP contribution in [-0.4, -0.2) is 51.6 Å². The number of rotatable bonds is 7. The van der Waals surface area contributed by atoms with Crippen molar-refractivity contribution >= 4 is 15.8 Å². The maximum Gasteiger partial charge on any atom is 0.419 e. The number of ether oxygens (including phenoxy) is 1. The normalized spacial score (nSPS) is 12.7. The van der Waals surface area contributed by atoms with Crippen molar-refractivity contribution in [2.45, 2.75) is 18.0 Å². The third-order valence-corrected chi connectivity index (χ3v) is 4.65. The van der Waals surface area contributed by atoms with Crippen LogP contribution in [0.5, 0.6) is 0 Å². The van der Waals surface area contributed by atoms with E-state index in [2.05, 4.69) is 10.3 Å². The molecule has 0 aliphatic heterocycles. The molecule has 0 spiro atoms. The summed E-state index contributed by atoms with van der Waals surface area (Å²) >= 11 is 0. The van der Waals surface area contributed by atoms with Gasteiger partial charge >= 0.3 is 6.18 Å². The molecule has 0 radical (unpaired) electrons. The van der Waals surface area contributed by atoms with Gasteiger partial charge in [-0.3, -0.25) is 0 Å². The molecule has 0 atom stereocenters. The number of hydrogen-bond donors (Lipinski definition) is 1. The molecular weight excluding hydrogens is 323 g/mol. The van der Waals surface area contributed by atoms with Crippen molar-refractivity contribution in [2.75, 3.05) is 39.2 Å². The van der Waals surface area contributed by atoms with E-state index in [-0.39, 0.29) is 19.7 Å². The van der Waals surface area contributed by atoms with Crippen LogP contribution < -0.4 is 5.32 Å². The molecule has 0 amide bonds. The van der Waals surface area contributed by atoms with E-state index in [1.807, 2.05) is 0 Å². The summed E-state index contributed by atoms with van der Waals surface area (Å²) < 4.78 is 69.2. The lowest BCUT2D eigenvalue weighted by Gasteiger charge is -2.18. The first-order valence-corrected chi connectivity index (χ1v) is 7.85. The lowest BCUT2D eigenvalue weighted by atomic mass is 10.2. The Balaban J connectivity index is 3.26. The summed E-state index contributed by atoms with van der Waals surface area (Å²) in [5, 5.41) is 2.47. The quantitative estimate of drug-likeness (QED) is 0.819. The molecule has 0 aliphatic carbocycles. The van der Waals surface area contributed by atoms with Crippen LogP contribution in [0.25, 0.3) is 0 Å². The van der Waals surface area contributed by atoms with Crippen molar-refractivity contribution in [3.8, 4) is 0 Å². The minimum absolute atomic E-state index is 0.0230. The van der Waals surface area contributed by atoms with Gasteiger partial charge in [-0.2, -0.15) is 17.5 Å². The van der Waals surface area contributed by atoms with E-state index < -0.39 is 32.5 Å². The third-order valence-electron chi connectivity index (χ3n) is 2.83. The van der Waals surface area contributed by atoms with E-state index in [1.165, 1.54) is 14.2 Å². The molecule has 0 saturated heterocycles. The first-order chi connectivity index (χ1) is 10.1. The Morgan fingerprint density at radius 1 is 1.41 bits per heavy atom. The second-order valence-electron chi connectivity index (χ2n) is 4.41. The average Bonchev–Trinajstić information content (AvgIpc) is 2.44. The first-order valence-electron chi connectivity index (χ1n) is 6.41. The number of methoxy groups -OCH3 is 1. The minimum atomic E-state index is -4.71. The van der Waals surface area contributed by atoms with Gasteiger partial charge in [-0.05, 0) is 13.0 Å². The smallest absolute Gasteiger partial charge is 0.383 e. The Bertz CT molecular complexity index is 605. The van der Waals surface area contributed by atoms with Gasteiger partial charge in [0, 0.05) is 33.4 Å². The van der Waals surface area contributed by atoms with E-state index in [1.54, 1.807) is 6.92 Å². The summed E-state index contributed by atoms with van der Waals surface area (Å²) in [5.74, 6) is -0.395. The van der Waals surface area contributed by atoms with Crippen LogP contribution in [0.2, 0.25) is 0 Å². The Morgan fingerprint density at radius 2 is 2.05 bits per heavy atom. The first kappa shape index (κ1) is 18.7. The zero-order valence-electron chi connectivity index (χ0n) is 12.4. The number of likely N-dealkylation sites (N-methyl/N-ethyl adjacent to an activating group) is 1. The van der Waals surface area contributed by atoms with Crippen molar-refractivity contribution in [1.29, 1.82) is 0 Å². The lowest BCUT2D eigenvalue weighted by molar-refractivity contribution is -0.137. The standard InChI is InChI=1S/C12H18F3N3O3S/c1-4-16-11-10(12(13,14)15)7-9(8-17-11)22(19,20)18(2)5-6-21-3/h7-8H,4-6H2,1-3H3,(H,16,17). The van der Waals surface area contributed by atoms with Gasteiger partial charge < -0.3 is 10.1 Å². The fourth-order valence-corrected chi connectivity index (χ4v) is 2.76. The topological polar surface area (TPSA) is 71.5 Å². The largest absolute Gasteiger partial charge is 0.419 e. The zero-order chi connectivity index (χ0) is 17.0. The summed E-state index contributed by atoms with van der Waals surface area (Å²) in [6.07, 6.45) is -3.80. The predicted octanol–water partition coefficient (Wildman–Crippen LogP) is 1.80. The van der Waals surface area contributed by atoms with E-state index in [0.29, 0.717) is 6.07 Å². The highest BCUT2D eigenvalue weighted by Crippen LogP contribution is 2.35. The van der Waals surface area contributed by atoms with Crippen LogP contribution in [-0.2, 0) is 20.9 Å². The van der Waals surface area contributed by atoms with Gasteiger partial charge in [0.15, 0.2) is 0 Å². The van der Waals surface area contributed by atoms with Gasteiger partial charge in [-0.15, -0.1) is 0 Å². The average molecular weight is 341 g/mol. The molecule has 0 bridgehead atoms. The maximum absolute atomic E-state index is 13.0. The zero-order valence-corrected chi connectivity index (χ0v) is 13.3. The number of sulfonamides is 1. The van der Waals surface area contributed by atoms with Crippen molar-refractivity contribution < 1.29 is 26.3 Å². The number of hydrogen-bond acceptors (Lipinski definition) is 5. The molecular formula is C12H18F3N3O3S. The SMILES string of the molecule is CCNc1ncc(S(=O)(=O)N(C)CCOC)cc1C(F)(F)F. The van der Waals surface area contributed by atoms with Crippen molar-refractivity contribution in [3.05, 3.63) is 17.8 Å². The Kier molecular flexibility index (Phi) is 6.15. The summed E-state index contributed by atoms with van der Waals surface area (Å²) in [6.45, 7) is 2.00. The number of nitrogens with zero attached hydrogens (tertiary/aromatic N) is 2. The molecule has 1 N–H and O–H groups in total. The van der Waals surface area contributed by atoms with E-state index in [0.717, 1.165) is 10.5 Å². The van der Waals surface area contributed by atoms with Gasteiger partial charge in [-0.25, -0.2) is 13.4 Å². The second kappa shape index (κ2) is 7.25. The van der Waals surface area contributed by atoms with E-state index in [9.17, 15) is 21.6 Å². The van der Waals surface area contributed by atoms with Gasteiger partial charge in [0.25, 0.3) is 0 Å². The van der Waals surface area contributed by atoms with Gasteiger partial charge in [0.1, 0.15) is 10.7 Å². The number of aromatic nitrogens is 1. The van der Waals surface area contributed by atoms with Crippen LogP contribution >= 0.6 is 0 Å². The van der Waals surface area contributed by atoms with Crippen LogP contribution in [0.3, 0.4) is 0 Å². The van der Waals surface area contributed by atoms with Crippen molar-refractivity contribution in [3.63, 3.8) is 0 Å². The molecule has 0 fully saturated rings. The molecule has 1 rings (SSSR count). The molecule has 22 heavy (non-hydrogen) atoms. The molecule has 6 nitrogen and oxygen atoms in total. The Labute approximate surface area is 127 Å². The lowest BCUT2D eigenvalue weighted by Crippen LogP contribution is -2.30. The molecule has 0 saturated carbocycles. The highest BCUT2D eigenvalue weighted by atomic mass is 32.2. The third kappa shape index (κ3) is 4.31.